The zero-order valence-corrected chi connectivity index (χ0v) is 34.4. The second-order valence-corrected chi connectivity index (χ2v) is 14.6. The molecule has 60 heavy (non-hydrogen) atoms. The van der Waals surface area contributed by atoms with Gasteiger partial charge in [-0.15, -0.1) is 23.2 Å². The maximum atomic E-state index is 13.3. The molecule has 0 unspecified atom stereocenters. The molecule has 6 aromatic rings. The SMILES string of the molecule is Cn1cc(NC(=O)c2cc(NC(=O)c3cc(NC(=O)c4cc5cc(NC(=O)c6ccc(N(CCCl)CCCl)cc6)ccc5o4)cn3C)cn2C)cc1C(=O)NCCC(=N)N. The van der Waals surface area contributed by atoms with Gasteiger partial charge in [0.05, 0.1) is 22.9 Å². The smallest absolute Gasteiger partial charge is 0.291 e. The van der Waals surface area contributed by atoms with Gasteiger partial charge < -0.3 is 55.3 Å². The monoisotopic (exact) mass is 855 g/mol. The van der Waals surface area contributed by atoms with Crippen LogP contribution in [0.5, 0.6) is 0 Å². The van der Waals surface area contributed by atoms with Crippen molar-refractivity contribution in [3.05, 3.63) is 114 Å². The number of fused-ring (bicyclic) bond motifs is 1. The summed E-state index contributed by atoms with van der Waals surface area (Å²) < 4.78 is 10.4. The molecule has 0 radical (unpaired) electrons. The largest absolute Gasteiger partial charge is 0.451 e. The average Bonchev–Trinajstić information content (AvgIpc) is 3.99. The normalized spacial score (nSPS) is 10.9. The number of carbonyl (C=O) groups excluding carboxylic acids is 5. The molecule has 0 aliphatic heterocycles. The van der Waals surface area contributed by atoms with E-state index in [4.69, 9.17) is 38.8 Å². The molecule has 19 heteroatoms. The van der Waals surface area contributed by atoms with Crippen molar-refractivity contribution in [3.8, 4) is 0 Å². The Morgan fingerprint density at radius 3 is 1.67 bits per heavy atom. The summed E-state index contributed by atoms with van der Waals surface area (Å²) in [5.74, 6) is -1.33. The quantitative estimate of drug-likeness (QED) is 0.0337. The Labute approximate surface area is 354 Å². The van der Waals surface area contributed by atoms with Crippen molar-refractivity contribution in [2.75, 3.05) is 57.6 Å². The van der Waals surface area contributed by atoms with Crippen molar-refractivity contribution < 1.29 is 28.4 Å². The Morgan fingerprint density at radius 1 is 0.650 bits per heavy atom. The summed E-state index contributed by atoms with van der Waals surface area (Å²) in [5, 5.41) is 21.7. The van der Waals surface area contributed by atoms with Gasteiger partial charge in [0.15, 0.2) is 5.76 Å². The van der Waals surface area contributed by atoms with Crippen LogP contribution in [0.4, 0.5) is 28.4 Å². The van der Waals surface area contributed by atoms with Crippen LogP contribution in [0.25, 0.3) is 11.0 Å². The second-order valence-electron chi connectivity index (χ2n) is 13.8. The molecule has 0 atom stereocenters. The molecule has 4 aromatic heterocycles. The number of aromatic nitrogens is 3. The molecule has 6 rings (SSSR count). The number of carbonyl (C=O) groups is 5. The third-order valence-electron chi connectivity index (χ3n) is 9.37. The lowest BCUT2D eigenvalue weighted by Crippen LogP contribution is -2.28. The maximum Gasteiger partial charge on any atom is 0.291 e. The number of amides is 5. The average molecular weight is 857 g/mol. The van der Waals surface area contributed by atoms with Crippen LogP contribution in [-0.4, -0.2) is 80.5 Å². The molecule has 0 fully saturated rings. The molecule has 8 N–H and O–H groups in total. The summed E-state index contributed by atoms with van der Waals surface area (Å²) in [5.41, 5.74) is 9.49. The number of nitrogens with zero attached hydrogens (tertiary/aromatic N) is 4. The van der Waals surface area contributed by atoms with Crippen LogP contribution in [0.15, 0.2) is 89.7 Å². The van der Waals surface area contributed by atoms with Gasteiger partial charge in [-0.3, -0.25) is 29.4 Å². The lowest BCUT2D eigenvalue weighted by Gasteiger charge is -2.22. The third-order valence-corrected chi connectivity index (χ3v) is 9.71. The molecule has 0 bridgehead atoms. The van der Waals surface area contributed by atoms with Crippen LogP contribution < -0.4 is 37.2 Å². The number of nitrogens with one attached hydrogen (secondary N) is 6. The number of alkyl halides is 2. The van der Waals surface area contributed by atoms with Gasteiger partial charge in [0.25, 0.3) is 29.5 Å². The number of rotatable bonds is 17. The van der Waals surface area contributed by atoms with Gasteiger partial charge in [-0.25, -0.2) is 0 Å². The fourth-order valence-corrected chi connectivity index (χ4v) is 6.80. The topological polar surface area (TPSA) is 227 Å². The summed E-state index contributed by atoms with van der Waals surface area (Å²) in [6.45, 7) is 1.46. The minimum atomic E-state index is -0.551. The molecule has 0 spiro atoms. The molecule has 4 heterocycles. The fourth-order valence-electron chi connectivity index (χ4n) is 6.39. The Balaban J connectivity index is 1.04. The zero-order chi connectivity index (χ0) is 43.1. The minimum absolute atomic E-state index is 0.0205. The number of amidine groups is 1. The molecule has 17 nitrogen and oxygen atoms in total. The number of nitrogens with two attached hydrogens (primary N) is 1. The summed E-state index contributed by atoms with van der Waals surface area (Å²) in [6, 6.07) is 18.3. The van der Waals surface area contributed by atoms with E-state index in [0.29, 0.717) is 69.8 Å². The number of benzene rings is 2. The first-order chi connectivity index (χ1) is 28.7. The number of anilines is 5. The van der Waals surface area contributed by atoms with E-state index in [2.05, 4.69) is 26.6 Å². The lowest BCUT2D eigenvalue weighted by molar-refractivity contribution is 0.0943. The van der Waals surface area contributed by atoms with E-state index in [-0.39, 0.29) is 47.8 Å². The van der Waals surface area contributed by atoms with Gasteiger partial charge in [0.2, 0.25) is 0 Å². The van der Waals surface area contributed by atoms with E-state index in [1.54, 1.807) is 89.8 Å². The molecule has 0 saturated carbocycles. The van der Waals surface area contributed by atoms with Crippen LogP contribution in [0, 0.1) is 5.41 Å². The molecule has 312 valence electrons. The van der Waals surface area contributed by atoms with E-state index in [0.717, 1.165) is 5.69 Å². The number of aryl methyl sites for hydroxylation is 3. The van der Waals surface area contributed by atoms with Crippen LogP contribution in [-0.2, 0) is 21.1 Å². The van der Waals surface area contributed by atoms with Gasteiger partial charge in [-0.05, 0) is 66.7 Å². The first-order valence-electron chi connectivity index (χ1n) is 18.6. The van der Waals surface area contributed by atoms with Gasteiger partial charge in [0.1, 0.15) is 22.7 Å². The summed E-state index contributed by atoms with van der Waals surface area (Å²) in [6.07, 6.45) is 4.96. The van der Waals surface area contributed by atoms with Crippen LogP contribution in [0.2, 0.25) is 0 Å². The number of hydrogen-bond acceptors (Lipinski definition) is 8. The van der Waals surface area contributed by atoms with E-state index >= 15 is 0 Å². The third kappa shape index (κ3) is 10.2. The van der Waals surface area contributed by atoms with E-state index in [9.17, 15) is 24.0 Å². The summed E-state index contributed by atoms with van der Waals surface area (Å²) >= 11 is 11.8. The maximum absolute atomic E-state index is 13.3. The molecular weight excluding hydrogens is 813 g/mol. The van der Waals surface area contributed by atoms with Gasteiger partial charge in [-0.2, -0.15) is 0 Å². The molecule has 0 aliphatic rings. The minimum Gasteiger partial charge on any atom is -0.451 e. The highest BCUT2D eigenvalue weighted by Crippen LogP contribution is 2.26. The molecule has 5 amide bonds. The highest BCUT2D eigenvalue weighted by atomic mass is 35.5. The van der Waals surface area contributed by atoms with Crippen molar-refractivity contribution in [2.45, 2.75) is 6.42 Å². The van der Waals surface area contributed by atoms with Crippen molar-refractivity contribution in [1.82, 2.24) is 19.0 Å². The number of halogens is 2. The second kappa shape index (κ2) is 18.7. The Morgan fingerprint density at radius 2 is 1.15 bits per heavy atom. The van der Waals surface area contributed by atoms with Crippen molar-refractivity contribution in [1.29, 1.82) is 5.41 Å². The lowest BCUT2D eigenvalue weighted by atomic mass is 10.1. The molecule has 0 aliphatic carbocycles. The van der Waals surface area contributed by atoms with Gasteiger partial charge in [-0.1, -0.05) is 0 Å². The predicted octanol–water partition coefficient (Wildman–Crippen LogP) is 5.80. The standard InChI is InChI=1S/C41H43Cl2N11O6/c1-51-21-27(18-31(51)38(56)46-13-10-36(44)45)48-39(57)32-19-28(22-52(32)2)49-40(58)33-20-29(23-53(33)3)50-41(59)35-17-25-16-26(6-9-34(25)60-35)47-37(55)24-4-7-30(8-5-24)54(14-11-42)15-12-43/h4-9,16-23H,10-15H2,1-3H3,(H3,44,45)(H,46,56)(H,47,55)(H,48,57)(H,49,58)(H,50,59). The number of hydrogen-bond donors (Lipinski definition) is 7. The summed E-state index contributed by atoms with van der Waals surface area (Å²) in [4.78, 5) is 67.4. The predicted molar refractivity (Wildman–Crippen MR) is 233 cm³/mol. The first kappa shape index (κ1) is 42.6. The Kier molecular flexibility index (Phi) is 13.3. The highest BCUT2D eigenvalue weighted by molar-refractivity contribution is 6.18. The van der Waals surface area contributed by atoms with E-state index in [1.165, 1.54) is 18.2 Å². The van der Waals surface area contributed by atoms with Crippen molar-refractivity contribution >= 4 is 98.0 Å². The molecule has 2 aromatic carbocycles. The molecular formula is C41H43Cl2N11O6. The number of furan rings is 1. The van der Waals surface area contributed by atoms with Crippen molar-refractivity contribution in [3.63, 3.8) is 0 Å². The first-order valence-corrected chi connectivity index (χ1v) is 19.7. The summed E-state index contributed by atoms with van der Waals surface area (Å²) in [7, 11) is 4.96. The van der Waals surface area contributed by atoms with Crippen LogP contribution in [0.1, 0.15) is 58.8 Å². The Hall–Kier alpha value is -6.98. The van der Waals surface area contributed by atoms with Gasteiger partial charge >= 0.3 is 0 Å². The Bertz CT molecular complexity index is 2580. The highest BCUT2D eigenvalue weighted by Gasteiger charge is 2.20. The van der Waals surface area contributed by atoms with Crippen molar-refractivity contribution in [2.24, 2.45) is 26.9 Å². The van der Waals surface area contributed by atoms with Crippen LogP contribution >= 0.6 is 23.2 Å². The zero-order valence-electron chi connectivity index (χ0n) is 32.9. The van der Waals surface area contributed by atoms with Crippen LogP contribution in [0.3, 0.4) is 0 Å². The van der Waals surface area contributed by atoms with Gasteiger partial charge in [0, 0.05) is 99.9 Å². The molecule has 0 saturated heterocycles. The van der Waals surface area contributed by atoms with E-state index in [1.807, 2.05) is 17.0 Å². The fraction of sp³-hybridized carbons (Fsp3) is 0.220. The van der Waals surface area contributed by atoms with E-state index < -0.39 is 17.7 Å².